The van der Waals surface area contributed by atoms with Crippen LogP contribution in [0.2, 0.25) is 5.02 Å². The summed E-state index contributed by atoms with van der Waals surface area (Å²) in [5.41, 5.74) is 1.49. The van der Waals surface area contributed by atoms with E-state index in [2.05, 4.69) is 10.5 Å². The number of rotatable bonds is 7. The minimum atomic E-state index is -0.113. The number of hydrogen-bond donors (Lipinski definition) is 1. The van der Waals surface area contributed by atoms with Gasteiger partial charge in [-0.3, -0.25) is 9.69 Å². The van der Waals surface area contributed by atoms with E-state index in [1.807, 2.05) is 37.1 Å². The molecule has 0 saturated carbocycles. The Morgan fingerprint density at radius 2 is 1.96 bits per heavy atom. The van der Waals surface area contributed by atoms with Crippen LogP contribution in [0.15, 0.2) is 59.1 Å². The van der Waals surface area contributed by atoms with Crippen molar-refractivity contribution in [3.05, 3.63) is 71.1 Å². The van der Waals surface area contributed by atoms with Crippen LogP contribution in [0.25, 0.3) is 0 Å². The molecule has 7 heteroatoms. The number of carbonyl (C=O) groups excluding carboxylic acids is 1. The van der Waals surface area contributed by atoms with Gasteiger partial charge in [0.05, 0.1) is 17.3 Å². The van der Waals surface area contributed by atoms with Crippen LogP contribution in [-0.4, -0.2) is 29.6 Å². The maximum atomic E-state index is 12.2. The topological polar surface area (TPSA) is 67.6 Å². The van der Waals surface area contributed by atoms with Gasteiger partial charge < -0.3 is 14.6 Å². The molecule has 0 atom stereocenters. The van der Waals surface area contributed by atoms with Gasteiger partial charge in [-0.2, -0.15) is 0 Å². The number of ether oxygens (including phenoxy) is 1. The number of nitrogens with one attached hydrogen (secondary N) is 1. The molecule has 1 N–H and O–H groups in total. The minimum absolute atomic E-state index is 0.113. The van der Waals surface area contributed by atoms with Gasteiger partial charge in [-0.1, -0.05) is 28.9 Å². The van der Waals surface area contributed by atoms with Gasteiger partial charge in [0.1, 0.15) is 17.3 Å². The molecule has 27 heavy (non-hydrogen) atoms. The molecule has 1 amide bonds. The summed E-state index contributed by atoms with van der Waals surface area (Å²) in [6.45, 7) is 2.61. The highest BCUT2D eigenvalue weighted by molar-refractivity contribution is 6.32. The van der Waals surface area contributed by atoms with Crippen LogP contribution in [0.3, 0.4) is 0 Å². The summed E-state index contributed by atoms with van der Waals surface area (Å²) in [7, 11) is 1.85. The van der Waals surface area contributed by atoms with Crippen molar-refractivity contribution in [2.75, 3.05) is 18.9 Å². The molecule has 0 aliphatic carbocycles. The predicted octanol–water partition coefficient (Wildman–Crippen LogP) is 4.50. The molecule has 3 aromatic rings. The van der Waals surface area contributed by atoms with Crippen LogP contribution in [0.5, 0.6) is 11.5 Å². The van der Waals surface area contributed by atoms with E-state index in [0.29, 0.717) is 28.8 Å². The summed E-state index contributed by atoms with van der Waals surface area (Å²) in [5, 5.41) is 7.33. The Labute approximate surface area is 162 Å². The summed E-state index contributed by atoms with van der Waals surface area (Å²) >= 11 is 6.09. The normalized spacial score (nSPS) is 10.8. The summed E-state index contributed by atoms with van der Waals surface area (Å²) < 4.78 is 10.8. The lowest BCUT2D eigenvalue weighted by Gasteiger charge is -2.15. The van der Waals surface area contributed by atoms with Gasteiger partial charge >= 0.3 is 0 Å². The van der Waals surface area contributed by atoms with Gasteiger partial charge in [0.2, 0.25) is 5.91 Å². The Morgan fingerprint density at radius 3 is 2.63 bits per heavy atom. The van der Waals surface area contributed by atoms with E-state index in [0.717, 1.165) is 11.5 Å². The molecule has 0 unspecified atom stereocenters. The van der Waals surface area contributed by atoms with E-state index in [4.69, 9.17) is 20.9 Å². The number of benzene rings is 2. The van der Waals surface area contributed by atoms with Crippen molar-refractivity contribution in [1.29, 1.82) is 0 Å². The summed E-state index contributed by atoms with van der Waals surface area (Å²) in [5.74, 6) is 1.86. The van der Waals surface area contributed by atoms with Crippen LogP contribution in [-0.2, 0) is 11.3 Å². The Morgan fingerprint density at radius 1 is 1.22 bits per heavy atom. The van der Waals surface area contributed by atoms with Crippen LogP contribution >= 0.6 is 11.6 Å². The molecule has 0 radical (unpaired) electrons. The SMILES string of the molecule is Cc1cc(CN(C)CC(=O)Nc2ccc(Oc3ccccc3Cl)cc2)no1. The average molecular weight is 386 g/mol. The van der Waals surface area contributed by atoms with Gasteiger partial charge in [-0.25, -0.2) is 0 Å². The molecule has 1 aromatic heterocycles. The highest BCUT2D eigenvalue weighted by Crippen LogP contribution is 2.29. The number of nitrogens with zero attached hydrogens (tertiary/aromatic N) is 2. The van der Waals surface area contributed by atoms with E-state index in [1.165, 1.54) is 0 Å². The van der Waals surface area contributed by atoms with Gasteiger partial charge in [0.15, 0.2) is 0 Å². The maximum Gasteiger partial charge on any atom is 0.238 e. The van der Waals surface area contributed by atoms with E-state index < -0.39 is 0 Å². The fourth-order valence-corrected chi connectivity index (χ4v) is 2.71. The van der Waals surface area contributed by atoms with Crippen molar-refractivity contribution in [3.8, 4) is 11.5 Å². The first-order chi connectivity index (χ1) is 13.0. The first-order valence-corrected chi connectivity index (χ1v) is 8.80. The van der Waals surface area contributed by atoms with E-state index in [1.54, 1.807) is 36.4 Å². The van der Waals surface area contributed by atoms with Gasteiger partial charge in [0, 0.05) is 18.3 Å². The second kappa shape index (κ2) is 8.70. The molecule has 1 heterocycles. The van der Waals surface area contributed by atoms with Crippen molar-refractivity contribution < 1.29 is 14.1 Å². The predicted molar refractivity (Wildman–Crippen MR) is 104 cm³/mol. The molecule has 0 saturated heterocycles. The van der Waals surface area contributed by atoms with Gasteiger partial charge in [0.25, 0.3) is 0 Å². The molecular formula is C20H20ClN3O3. The Hall–Kier alpha value is -2.83. The van der Waals surface area contributed by atoms with Crippen molar-refractivity contribution in [1.82, 2.24) is 10.1 Å². The summed E-state index contributed by atoms with van der Waals surface area (Å²) in [6.07, 6.45) is 0. The molecule has 2 aromatic carbocycles. The lowest BCUT2D eigenvalue weighted by molar-refractivity contribution is -0.117. The standard InChI is InChI=1S/C20H20ClN3O3/c1-14-11-16(23-27-14)12-24(2)13-20(25)22-15-7-9-17(10-8-15)26-19-6-4-3-5-18(19)21/h3-11H,12-13H2,1-2H3,(H,22,25). The van der Waals surface area contributed by atoms with Crippen molar-refractivity contribution in [2.45, 2.75) is 13.5 Å². The van der Waals surface area contributed by atoms with E-state index in [9.17, 15) is 4.79 Å². The molecule has 0 fully saturated rings. The molecule has 0 aliphatic heterocycles. The summed E-state index contributed by atoms with van der Waals surface area (Å²) in [6, 6.07) is 16.2. The molecule has 0 spiro atoms. The van der Waals surface area contributed by atoms with Crippen molar-refractivity contribution in [3.63, 3.8) is 0 Å². The number of para-hydroxylation sites is 1. The zero-order chi connectivity index (χ0) is 19.2. The van der Waals surface area contributed by atoms with Crippen molar-refractivity contribution >= 4 is 23.2 Å². The second-order valence-electron chi connectivity index (χ2n) is 6.21. The van der Waals surface area contributed by atoms with E-state index >= 15 is 0 Å². The number of aryl methyl sites for hydroxylation is 1. The first-order valence-electron chi connectivity index (χ1n) is 8.42. The molecule has 0 aliphatic rings. The number of anilines is 1. The second-order valence-corrected chi connectivity index (χ2v) is 6.61. The third-order valence-electron chi connectivity index (χ3n) is 3.72. The number of hydrogen-bond acceptors (Lipinski definition) is 5. The number of halogens is 1. The zero-order valence-corrected chi connectivity index (χ0v) is 15.9. The number of likely N-dealkylation sites (N-methyl/N-ethyl adjacent to an activating group) is 1. The minimum Gasteiger partial charge on any atom is -0.456 e. The average Bonchev–Trinajstić information content (AvgIpc) is 3.03. The fraction of sp³-hybridized carbons (Fsp3) is 0.200. The zero-order valence-electron chi connectivity index (χ0n) is 15.1. The first kappa shape index (κ1) is 18.9. The third-order valence-corrected chi connectivity index (χ3v) is 4.04. The van der Waals surface area contributed by atoms with E-state index in [-0.39, 0.29) is 12.5 Å². The van der Waals surface area contributed by atoms with Crippen LogP contribution in [0, 0.1) is 6.92 Å². The largest absolute Gasteiger partial charge is 0.456 e. The third kappa shape index (κ3) is 5.57. The van der Waals surface area contributed by atoms with Crippen molar-refractivity contribution in [2.24, 2.45) is 0 Å². The van der Waals surface area contributed by atoms with Gasteiger partial charge in [-0.05, 0) is 50.4 Å². The maximum absolute atomic E-state index is 12.2. The molecule has 0 bridgehead atoms. The monoisotopic (exact) mass is 385 g/mol. The van der Waals surface area contributed by atoms with Crippen LogP contribution in [0.1, 0.15) is 11.5 Å². The highest BCUT2D eigenvalue weighted by atomic mass is 35.5. The smallest absolute Gasteiger partial charge is 0.238 e. The van der Waals surface area contributed by atoms with Crippen LogP contribution < -0.4 is 10.1 Å². The Bertz CT molecular complexity index is 909. The fourth-order valence-electron chi connectivity index (χ4n) is 2.53. The lowest BCUT2D eigenvalue weighted by atomic mass is 10.3. The summed E-state index contributed by atoms with van der Waals surface area (Å²) in [4.78, 5) is 14.1. The molecule has 3 rings (SSSR count). The Balaban J connectivity index is 1.51. The van der Waals surface area contributed by atoms with Gasteiger partial charge in [-0.15, -0.1) is 0 Å². The number of amides is 1. The Kier molecular flexibility index (Phi) is 6.11. The highest BCUT2D eigenvalue weighted by Gasteiger charge is 2.10. The molecular weight excluding hydrogens is 366 g/mol. The lowest BCUT2D eigenvalue weighted by Crippen LogP contribution is -2.29. The molecule has 140 valence electrons. The van der Waals surface area contributed by atoms with Crippen LogP contribution in [0.4, 0.5) is 5.69 Å². The number of aromatic nitrogens is 1. The molecule has 6 nitrogen and oxygen atoms in total. The number of carbonyl (C=O) groups is 1. The quantitative estimate of drug-likeness (QED) is 0.648.